The zero-order valence-corrected chi connectivity index (χ0v) is 16.2. The molecule has 146 valence electrons. The van der Waals surface area contributed by atoms with Gasteiger partial charge < -0.3 is 19.7 Å². The van der Waals surface area contributed by atoms with E-state index >= 15 is 0 Å². The van der Waals surface area contributed by atoms with Crippen molar-refractivity contribution >= 4 is 23.3 Å². The van der Waals surface area contributed by atoms with E-state index in [2.05, 4.69) is 10.1 Å². The van der Waals surface area contributed by atoms with Crippen LogP contribution in [0, 0.1) is 0 Å². The number of carbonyl (C=O) groups excluding carboxylic acids is 1. The molecular formula is C19H22F2N2O3S. The molecule has 0 saturated heterocycles. The first-order valence-corrected chi connectivity index (χ1v) is 9.25. The molecule has 1 aromatic carbocycles. The Balaban J connectivity index is 1.96. The smallest absolute Gasteiger partial charge is 0.387 e. The van der Waals surface area contributed by atoms with Gasteiger partial charge in [-0.2, -0.15) is 8.78 Å². The molecule has 3 rings (SSSR count). The number of nitrogens with zero attached hydrogens (tertiary/aromatic N) is 1. The minimum Gasteiger partial charge on any atom is -0.459 e. The summed E-state index contributed by atoms with van der Waals surface area (Å²) in [5.41, 5.74) is 1.96. The van der Waals surface area contributed by atoms with Gasteiger partial charge in [0.25, 0.3) is 0 Å². The number of thiocarbonyl (C=S) groups is 1. The lowest BCUT2D eigenvalue weighted by atomic mass is 9.95. The number of benzene rings is 1. The monoisotopic (exact) mass is 396 g/mol. The lowest BCUT2D eigenvalue weighted by molar-refractivity contribution is -0.143. The van der Waals surface area contributed by atoms with Crippen LogP contribution in [0.4, 0.5) is 8.78 Å². The van der Waals surface area contributed by atoms with E-state index < -0.39 is 18.6 Å². The van der Waals surface area contributed by atoms with Crippen LogP contribution >= 0.6 is 12.2 Å². The van der Waals surface area contributed by atoms with Gasteiger partial charge in [-0.3, -0.25) is 0 Å². The van der Waals surface area contributed by atoms with Gasteiger partial charge in [-0.15, -0.1) is 0 Å². The maximum atomic E-state index is 12.8. The van der Waals surface area contributed by atoms with E-state index in [1.807, 2.05) is 11.8 Å². The normalized spacial score (nSPS) is 20.2. The number of esters is 1. The number of carbonyl (C=O) groups is 1. The summed E-state index contributed by atoms with van der Waals surface area (Å²) in [7, 11) is 0. The molecule has 27 heavy (non-hydrogen) atoms. The van der Waals surface area contributed by atoms with Gasteiger partial charge in [0.05, 0.1) is 17.7 Å². The summed E-state index contributed by atoms with van der Waals surface area (Å²) in [6.45, 7) is 2.56. The predicted molar refractivity (Wildman–Crippen MR) is 100 cm³/mol. The molecule has 8 heteroatoms. The Kier molecular flexibility index (Phi) is 5.64. The third-order valence-corrected chi connectivity index (χ3v) is 4.75. The lowest BCUT2D eigenvalue weighted by Crippen LogP contribution is -2.48. The van der Waals surface area contributed by atoms with E-state index in [9.17, 15) is 13.6 Å². The van der Waals surface area contributed by atoms with Crippen molar-refractivity contribution in [1.82, 2.24) is 10.2 Å². The highest BCUT2D eigenvalue weighted by Crippen LogP contribution is 2.38. The molecule has 1 aliphatic carbocycles. The molecule has 5 nitrogen and oxygen atoms in total. The molecule has 1 saturated carbocycles. The zero-order chi connectivity index (χ0) is 19.7. The number of rotatable bonds is 6. The molecule has 1 N–H and O–H groups in total. The Bertz CT molecular complexity index is 761. The van der Waals surface area contributed by atoms with Crippen LogP contribution in [0.1, 0.15) is 45.2 Å². The lowest BCUT2D eigenvalue weighted by Gasteiger charge is -2.38. The molecule has 0 spiro atoms. The quantitative estimate of drug-likeness (QED) is 0.581. The maximum Gasteiger partial charge on any atom is 0.387 e. The van der Waals surface area contributed by atoms with Gasteiger partial charge in [0.2, 0.25) is 0 Å². The van der Waals surface area contributed by atoms with Crippen molar-refractivity contribution in [2.45, 2.75) is 58.4 Å². The number of ether oxygens (including phenoxy) is 2. The fourth-order valence-electron chi connectivity index (χ4n) is 3.16. The van der Waals surface area contributed by atoms with Gasteiger partial charge in [0, 0.05) is 11.7 Å². The molecule has 2 aliphatic rings. The van der Waals surface area contributed by atoms with Gasteiger partial charge in [-0.1, -0.05) is 12.1 Å². The van der Waals surface area contributed by atoms with Crippen LogP contribution in [0.5, 0.6) is 5.75 Å². The summed E-state index contributed by atoms with van der Waals surface area (Å²) in [6.07, 6.45) is 1.79. The Labute approximate surface area is 162 Å². The van der Waals surface area contributed by atoms with Gasteiger partial charge in [0.15, 0.2) is 5.11 Å². The molecular weight excluding hydrogens is 374 g/mol. The molecule has 1 aliphatic heterocycles. The first kappa shape index (κ1) is 19.5. The highest BCUT2D eigenvalue weighted by atomic mass is 32.1. The second-order valence-corrected chi connectivity index (χ2v) is 7.27. The van der Waals surface area contributed by atoms with Crippen molar-refractivity contribution in [1.29, 1.82) is 0 Å². The second-order valence-electron chi connectivity index (χ2n) is 6.88. The van der Waals surface area contributed by atoms with E-state index in [0.717, 1.165) is 18.5 Å². The van der Waals surface area contributed by atoms with Crippen LogP contribution in [0.3, 0.4) is 0 Å². The van der Waals surface area contributed by atoms with E-state index in [1.54, 1.807) is 26.0 Å². The fourth-order valence-corrected chi connectivity index (χ4v) is 3.57. The molecule has 1 atom stereocenters. The standard InChI is InChI=1S/C19H22F2N2O3S/c1-10(2)25-17(24)15-11(3)23(13-6-7-13)19(27)22-16(15)12-4-8-14(9-5-12)26-18(20)21/h4-5,8-10,13,16,18H,6-7H2,1-3H3,(H,22,27). The summed E-state index contributed by atoms with van der Waals surface area (Å²) in [4.78, 5) is 14.8. The van der Waals surface area contributed by atoms with Gasteiger partial charge >= 0.3 is 12.6 Å². The predicted octanol–water partition coefficient (Wildman–Crippen LogP) is 3.91. The van der Waals surface area contributed by atoms with Gasteiger partial charge in [-0.05, 0) is 63.5 Å². The number of nitrogens with one attached hydrogen (secondary N) is 1. The number of allylic oxidation sites excluding steroid dienone is 1. The van der Waals surface area contributed by atoms with Crippen LogP contribution in [-0.2, 0) is 9.53 Å². The third kappa shape index (κ3) is 4.37. The molecule has 1 fully saturated rings. The first-order valence-electron chi connectivity index (χ1n) is 8.84. The highest BCUT2D eigenvalue weighted by molar-refractivity contribution is 7.80. The molecule has 0 amide bonds. The van der Waals surface area contributed by atoms with E-state index in [0.29, 0.717) is 22.3 Å². The van der Waals surface area contributed by atoms with Crippen LogP contribution in [0.15, 0.2) is 35.5 Å². The van der Waals surface area contributed by atoms with Crippen LogP contribution in [-0.4, -0.2) is 34.7 Å². The van der Waals surface area contributed by atoms with E-state index in [4.69, 9.17) is 17.0 Å². The van der Waals surface area contributed by atoms with Gasteiger partial charge in [-0.25, -0.2) is 4.79 Å². The van der Waals surface area contributed by atoms with Crippen LogP contribution < -0.4 is 10.1 Å². The van der Waals surface area contributed by atoms with Crippen LogP contribution in [0.25, 0.3) is 0 Å². The molecule has 0 aromatic heterocycles. The fraction of sp³-hybridized carbons (Fsp3) is 0.474. The van der Waals surface area contributed by atoms with E-state index in [-0.39, 0.29) is 11.9 Å². The van der Waals surface area contributed by atoms with Crippen molar-refractivity contribution < 1.29 is 23.0 Å². The Morgan fingerprint density at radius 1 is 1.26 bits per heavy atom. The summed E-state index contributed by atoms with van der Waals surface area (Å²) in [5, 5.41) is 3.76. The Hall–Kier alpha value is -2.22. The van der Waals surface area contributed by atoms with Crippen molar-refractivity contribution in [3.63, 3.8) is 0 Å². The minimum atomic E-state index is -2.89. The topological polar surface area (TPSA) is 50.8 Å². The van der Waals surface area contributed by atoms with Crippen molar-refractivity contribution in [2.75, 3.05) is 0 Å². The van der Waals surface area contributed by atoms with Crippen molar-refractivity contribution in [2.24, 2.45) is 0 Å². The summed E-state index contributed by atoms with van der Waals surface area (Å²) in [6, 6.07) is 5.95. The van der Waals surface area contributed by atoms with Gasteiger partial charge in [0.1, 0.15) is 5.75 Å². The Morgan fingerprint density at radius 3 is 2.41 bits per heavy atom. The van der Waals surface area contributed by atoms with E-state index in [1.165, 1.54) is 12.1 Å². The summed E-state index contributed by atoms with van der Waals surface area (Å²) in [5.74, 6) is -0.361. The average molecular weight is 396 g/mol. The Morgan fingerprint density at radius 2 is 1.89 bits per heavy atom. The summed E-state index contributed by atoms with van der Waals surface area (Å²) >= 11 is 5.51. The van der Waals surface area contributed by atoms with Crippen LogP contribution in [0.2, 0.25) is 0 Å². The molecule has 1 heterocycles. The SMILES string of the molecule is CC1=C(C(=O)OC(C)C)C(c2ccc(OC(F)F)cc2)NC(=S)N1C1CC1. The first-order chi connectivity index (χ1) is 12.8. The number of hydrogen-bond donors (Lipinski definition) is 1. The number of alkyl halides is 2. The van der Waals surface area contributed by atoms with Crippen molar-refractivity contribution in [3.8, 4) is 5.75 Å². The third-order valence-electron chi connectivity index (χ3n) is 4.44. The summed E-state index contributed by atoms with van der Waals surface area (Å²) < 4.78 is 34.6. The maximum absolute atomic E-state index is 12.8. The average Bonchev–Trinajstić information content (AvgIpc) is 3.38. The van der Waals surface area contributed by atoms with Crippen molar-refractivity contribution in [3.05, 3.63) is 41.1 Å². The molecule has 1 unspecified atom stereocenters. The zero-order valence-electron chi connectivity index (χ0n) is 15.4. The highest BCUT2D eigenvalue weighted by Gasteiger charge is 2.41. The number of hydrogen-bond acceptors (Lipinski definition) is 4. The largest absolute Gasteiger partial charge is 0.459 e. The molecule has 0 bridgehead atoms. The number of halogens is 2. The molecule has 0 radical (unpaired) electrons. The molecule has 1 aromatic rings. The second kappa shape index (κ2) is 7.80. The minimum absolute atomic E-state index is 0.0544.